The van der Waals surface area contributed by atoms with E-state index in [-0.39, 0.29) is 31.1 Å². The number of carbonyl (C=O) groups is 2. The molecule has 0 aliphatic heterocycles. The lowest BCUT2D eigenvalue weighted by atomic mass is 10.1. The van der Waals surface area contributed by atoms with Crippen LogP contribution in [-0.2, 0) is 4.79 Å². The zero-order valence-corrected chi connectivity index (χ0v) is 12.6. The van der Waals surface area contributed by atoms with Gasteiger partial charge in [-0.3, -0.25) is 9.59 Å². The van der Waals surface area contributed by atoms with Crippen LogP contribution in [0.4, 0.5) is 0 Å². The predicted octanol–water partition coefficient (Wildman–Crippen LogP) is 2.81. The highest BCUT2D eigenvalue weighted by atomic mass is 35.5. The van der Waals surface area contributed by atoms with Crippen molar-refractivity contribution in [1.29, 1.82) is 0 Å². The first-order valence-electron chi connectivity index (χ1n) is 6.32. The summed E-state index contributed by atoms with van der Waals surface area (Å²) in [6.45, 7) is -0.270. The van der Waals surface area contributed by atoms with Crippen LogP contribution in [0.25, 0.3) is 0 Å². The minimum absolute atomic E-state index is 0.0472. The highest BCUT2D eigenvalue weighted by molar-refractivity contribution is 7.18. The van der Waals surface area contributed by atoms with Crippen molar-refractivity contribution in [2.24, 2.45) is 0 Å². The minimum atomic E-state index is -0.598. The maximum Gasteiger partial charge on any atom is 0.221 e. The Balaban J connectivity index is 1.83. The molecular weight excluding hydrogens is 314 g/mol. The Morgan fingerprint density at radius 3 is 2.71 bits per heavy atom. The molecule has 0 radical (unpaired) electrons. The van der Waals surface area contributed by atoms with Gasteiger partial charge in [0.2, 0.25) is 5.91 Å². The van der Waals surface area contributed by atoms with E-state index in [1.165, 1.54) is 17.6 Å². The second kappa shape index (κ2) is 7.40. The molecule has 2 aromatic rings. The van der Waals surface area contributed by atoms with Gasteiger partial charge < -0.3 is 14.8 Å². The molecule has 0 aliphatic rings. The Bertz CT molecular complexity index is 608. The normalized spacial score (nSPS) is 12.1. The Labute approximate surface area is 130 Å². The number of nitrogens with one attached hydrogen (secondary N) is 1. The lowest BCUT2D eigenvalue weighted by Gasteiger charge is -2.13. The van der Waals surface area contributed by atoms with E-state index in [0.717, 1.165) is 0 Å². The molecule has 2 heterocycles. The van der Waals surface area contributed by atoms with Crippen molar-refractivity contribution in [1.82, 2.24) is 5.32 Å². The number of hydrogen-bond donors (Lipinski definition) is 2. The van der Waals surface area contributed by atoms with E-state index in [1.54, 1.807) is 24.3 Å². The summed E-state index contributed by atoms with van der Waals surface area (Å²) < 4.78 is 5.67. The highest BCUT2D eigenvalue weighted by Crippen LogP contribution is 2.23. The van der Waals surface area contributed by atoms with E-state index in [0.29, 0.717) is 15.0 Å². The number of carbonyl (C=O) groups excluding carboxylic acids is 2. The van der Waals surface area contributed by atoms with Gasteiger partial charge in [-0.25, -0.2) is 0 Å². The van der Waals surface area contributed by atoms with Crippen LogP contribution in [0.2, 0.25) is 4.34 Å². The number of Topliss-reactive ketones (excluding diaryl/α,β-unsaturated/α-hetero) is 1. The third-order valence-corrected chi connectivity index (χ3v) is 4.10. The summed E-state index contributed by atoms with van der Waals surface area (Å²) >= 11 is 6.95. The summed E-state index contributed by atoms with van der Waals surface area (Å²) in [6.07, 6.45) is 1.61. The van der Waals surface area contributed by atoms with Crippen LogP contribution in [0.3, 0.4) is 0 Å². The van der Waals surface area contributed by atoms with E-state index in [1.807, 2.05) is 0 Å². The summed E-state index contributed by atoms with van der Waals surface area (Å²) in [5, 5.41) is 11.9. The molecule has 0 saturated heterocycles. The van der Waals surface area contributed by atoms with Crippen molar-refractivity contribution in [3.05, 3.63) is 45.5 Å². The van der Waals surface area contributed by atoms with Crippen LogP contribution in [0.15, 0.2) is 34.9 Å². The van der Waals surface area contributed by atoms with Crippen molar-refractivity contribution >= 4 is 34.6 Å². The summed E-state index contributed by atoms with van der Waals surface area (Å²) in [5.41, 5.74) is 0. The first kappa shape index (κ1) is 15.8. The molecule has 7 heteroatoms. The standard InChI is InChI=1S/C14H14ClNO4S/c15-13-5-4-12(21-13)10(18)3-6-14(19)16-9(8-17)11-2-1-7-20-11/h1-2,4-5,7,9,17H,3,6,8H2,(H,16,19). The van der Waals surface area contributed by atoms with Crippen LogP contribution in [-0.4, -0.2) is 23.4 Å². The Morgan fingerprint density at radius 2 is 2.14 bits per heavy atom. The van der Waals surface area contributed by atoms with Gasteiger partial charge in [-0.1, -0.05) is 11.6 Å². The van der Waals surface area contributed by atoms with Crippen LogP contribution < -0.4 is 5.32 Å². The van der Waals surface area contributed by atoms with Crippen LogP contribution in [0.5, 0.6) is 0 Å². The third-order valence-electron chi connectivity index (χ3n) is 2.83. The third kappa shape index (κ3) is 4.42. The van der Waals surface area contributed by atoms with Gasteiger partial charge in [-0.2, -0.15) is 0 Å². The van der Waals surface area contributed by atoms with E-state index >= 15 is 0 Å². The fourth-order valence-corrected chi connectivity index (χ4v) is 2.79. The van der Waals surface area contributed by atoms with Gasteiger partial charge in [-0.15, -0.1) is 11.3 Å². The van der Waals surface area contributed by atoms with Crippen molar-refractivity contribution < 1.29 is 19.1 Å². The number of ketones is 1. The minimum Gasteiger partial charge on any atom is -0.467 e. The molecular formula is C14H14ClNO4S. The second-order valence-corrected chi connectivity index (χ2v) is 6.06. The van der Waals surface area contributed by atoms with Gasteiger partial charge in [0, 0.05) is 12.8 Å². The largest absolute Gasteiger partial charge is 0.467 e. The SMILES string of the molecule is O=C(CCC(=O)c1ccc(Cl)s1)NC(CO)c1ccco1. The average Bonchev–Trinajstić information content (AvgIpc) is 3.13. The first-order chi connectivity index (χ1) is 10.1. The molecule has 1 unspecified atom stereocenters. The fourth-order valence-electron chi connectivity index (χ4n) is 1.78. The number of aliphatic hydroxyl groups excluding tert-OH is 1. The fraction of sp³-hybridized carbons (Fsp3) is 0.286. The molecule has 0 spiro atoms. The van der Waals surface area contributed by atoms with E-state index in [4.69, 9.17) is 16.0 Å². The molecule has 2 N–H and O–H groups in total. The highest BCUT2D eigenvalue weighted by Gasteiger charge is 2.17. The van der Waals surface area contributed by atoms with E-state index in [9.17, 15) is 14.7 Å². The van der Waals surface area contributed by atoms with Gasteiger partial charge in [0.15, 0.2) is 5.78 Å². The molecule has 21 heavy (non-hydrogen) atoms. The average molecular weight is 328 g/mol. The molecule has 0 aliphatic carbocycles. The molecule has 1 amide bonds. The van der Waals surface area contributed by atoms with Crippen LogP contribution in [0, 0.1) is 0 Å². The van der Waals surface area contributed by atoms with Crippen LogP contribution >= 0.6 is 22.9 Å². The Kier molecular flexibility index (Phi) is 5.55. The number of amides is 1. The summed E-state index contributed by atoms with van der Waals surface area (Å²) in [7, 11) is 0. The Morgan fingerprint density at radius 1 is 1.33 bits per heavy atom. The number of thiophene rings is 1. The lowest BCUT2D eigenvalue weighted by Crippen LogP contribution is -2.30. The molecule has 0 fully saturated rings. The van der Waals surface area contributed by atoms with Crippen LogP contribution in [0.1, 0.15) is 34.3 Å². The maximum atomic E-state index is 11.9. The lowest BCUT2D eigenvalue weighted by molar-refractivity contribution is -0.122. The van der Waals surface area contributed by atoms with E-state index in [2.05, 4.69) is 5.32 Å². The summed E-state index contributed by atoms with van der Waals surface area (Å²) in [4.78, 5) is 24.2. The number of halogens is 1. The molecule has 0 saturated carbocycles. The molecule has 0 bridgehead atoms. The quantitative estimate of drug-likeness (QED) is 0.766. The Hall–Kier alpha value is -1.63. The zero-order chi connectivity index (χ0) is 15.2. The zero-order valence-electron chi connectivity index (χ0n) is 11.0. The van der Waals surface area contributed by atoms with Crippen molar-refractivity contribution in [3.8, 4) is 0 Å². The van der Waals surface area contributed by atoms with E-state index < -0.39 is 6.04 Å². The topological polar surface area (TPSA) is 79.5 Å². The monoisotopic (exact) mass is 327 g/mol. The maximum absolute atomic E-state index is 11.9. The molecule has 1 atom stereocenters. The van der Waals surface area contributed by atoms with Crippen molar-refractivity contribution in [2.75, 3.05) is 6.61 Å². The summed E-state index contributed by atoms with van der Waals surface area (Å²) in [6, 6.07) is 6.04. The number of furan rings is 1. The number of rotatable bonds is 7. The molecule has 2 rings (SSSR count). The molecule has 5 nitrogen and oxygen atoms in total. The van der Waals surface area contributed by atoms with Gasteiger partial charge >= 0.3 is 0 Å². The molecule has 112 valence electrons. The van der Waals surface area contributed by atoms with Gasteiger partial charge in [-0.05, 0) is 24.3 Å². The van der Waals surface area contributed by atoms with Crippen molar-refractivity contribution in [2.45, 2.75) is 18.9 Å². The van der Waals surface area contributed by atoms with Gasteiger partial charge in [0.25, 0.3) is 0 Å². The number of hydrogen-bond acceptors (Lipinski definition) is 5. The molecule has 0 aromatic carbocycles. The second-order valence-electron chi connectivity index (χ2n) is 4.35. The van der Waals surface area contributed by atoms with Crippen molar-refractivity contribution in [3.63, 3.8) is 0 Å². The number of aliphatic hydroxyl groups is 1. The summed E-state index contributed by atoms with van der Waals surface area (Å²) in [5.74, 6) is 0.0317. The first-order valence-corrected chi connectivity index (χ1v) is 7.51. The van der Waals surface area contributed by atoms with Gasteiger partial charge in [0.1, 0.15) is 11.8 Å². The van der Waals surface area contributed by atoms with Gasteiger partial charge in [0.05, 0.1) is 22.1 Å². The predicted molar refractivity (Wildman–Crippen MR) is 79.6 cm³/mol. The smallest absolute Gasteiger partial charge is 0.221 e. The molecule has 2 aromatic heterocycles.